The zero-order valence-corrected chi connectivity index (χ0v) is 9.03. The van der Waals surface area contributed by atoms with Crippen LogP contribution in [-0.2, 0) is 0 Å². The van der Waals surface area contributed by atoms with E-state index in [2.05, 4.69) is 15.5 Å². The molecule has 0 fully saturated rings. The summed E-state index contributed by atoms with van der Waals surface area (Å²) in [6.45, 7) is 1.83. The van der Waals surface area contributed by atoms with Crippen LogP contribution in [0.4, 0.5) is 18.3 Å². The molecule has 0 aliphatic carbocycles. The molecule has 1 rings (SSSR count). The summed E-state index contributed by atoms with van der Waals surface area (Å²) in [5.41, 5.74) is 1.57. The van der Waals surface area contributed by atoms with E-state index < -0.39 is 12.6 Å². The molecule has 1 atom stereocenters. The van der Waals surface area contributed by atoms with Crippen LogP contribution in [0, 0.1) is 0 Å². The molecule has 1 aromatic rings. The maximum Gasteiger partial charge on any atom is 0.389 e. The van der Waals surface area contributed by atoms with Crippen molar-refractivity contribution in [3.63, 3.8) is 0 Å². The van der Waals surface area contributed by atoms with Crippen molar-refractivity contribution in [2.75, 3.05) is 5.32 Å². The Hall–Kier alpha value is -0.850. The molecule has 1 unspecified atom stereocenters. The summed E-state index contributed by atoms with van der Waals surface area (Å²) in [6.07, 6.45) is -4.17. The van der Waals surface area contributed by atoms with E-state index in [1.165, 1.54) is 11.3 Å². The van der Waals surface area contributed by atoms with Crippen LogP contribution in [0.5, 0.6) is 0 Å². The first kappa shape index (κ1) is 12.2. The lowest BCUT2D eigenvalue weighted by atomic mass is 10.1. The summed E-state index contributed by atoms with van der Waals surface area (Å²) < 4.78 is 35.5. The second-order valence-electron chi connectivity index (χ2n) is 3.30. The van der Waals surface area contributed by atoms with Crippen LogP contribution in [0.2, 0.25) is 0 Å². The van der Waals surface area contributed by atoms with Gasteiger partial charge in [0.1, 0.15) is 5.51 Å². The van der Waals surface area contributed by atoms with Crippen LogP contribution >= 0.6 is 11.3 Å². The highest BCUT2D eigenvalue weighted by molar-refractivity contribution is 7.13. The summed E-state index contributed by atoms with van der Waals surface area (Å²) in [7, 11) is 0. The SMILES string of the molecule is CC(CCCC(F)(F)F)Nc1nncs1. The molecule has 0 spiro atoms. The highest BCUT2D eigenvalue weighted by atomic mass is 32.1. The Morgan fingerprint density at radius 1 is 1.53 bits per heavy atom. The number of anilines is 1. The van der Waals surface area contributed by atoms with Gasteiger partial charge < -0.3 is 5.32 Å². The van der Waals surface area contributed by atoms with Gasteiger partial charge in [0.2, 0.25) is 5.13 Å². The molecule has 0 aliphatic rings. The minimum atomic E-state index is -4.05. The van der Waals surface area contributed by atoms with Gasteiger partial charge in [-0.3, -0.25) is 0 Å². The zero-order valence-electron chi connectivity index (χ0n) is 8.21. The van der Waals surface area contributed by atoms with Crippen molar-refractivity contribution in [1.29, 1.82) is 0 Å². The Kier molecular flexibility index (Phi) is 4.31. The van der Waals surface area contributed by atoms with E-state index in [1.54, 1.807) is 5.51 Å². The first-order valence-corrected chi connectivity index (χ1v) is 5.45. The minimum Gasteiger partial charge on any atom is -0.358 e. The van der Waals surface area contributed by atoms with E-state index >= 15 is 0 Å². The Balaban J connectivity index is 2.17. The topological polar surface area (TPSA) is 37.8 Å². The standard InChI is InChI=1S/C8H12F3N3S/c1-6(3-2-4-8(9,10)11)13-7-14-12-5-15-7/h5-6H,2-4H2,1H3,(H,13,14). The Morgan fingerprint density at radius 2 is 2.27 bits per heavy atom. The molecule has 0 saturated heterocycles. The summed E-state index contributed by atoms with van der Waals surface area (Å²) in [5.74, 6) is 0. The molecule has 1 heterocycles. The van der Waals surface area contributed by atoms with Gasteiger partial charge >= 0.3 is 6.18 Å². The fourth-order valence-electron chi connectivity index (χ4n) is 1.13. The minimum absolute atomic E-state index is 0.0136. The van der Waals surface area contributed by atoms with Gasteiger partial charge in [-0.15, -0.1) is 10.2 Å². The molecule has 0 aromatic carbocycles. The molecule has 0 saturated carbocycles. The van der Waals surface area contributed by atoms with Gasteiger partial charge in [0.15, 0.2) is 0 Å². The fraction of sp³-hybridized carbons (Fsp3) is 0.750. The molecule has 3 nitrogen and oxygen atoms in total. The van der Waals surface area contributed by atoms with Crippen molar-refractivity contribution in [3.8, 4) is 0 Å². The van der Waals surface area contributed by atoms with Crippen molar-refractivity contribution in [2.24, 2.45) is 0 Å². The normalized spacial score (nSPS) is 13.9. The Morgan fingerprint density at radius 3 is 2.80 bits per heavy atom. The summed E-state index contributed by atoms with van der Waals surface area (Å²) in [4.78, 5) is 0. The van der Waals surface area contributed by atoms with Gasteiger partial charge in [0.25, 0.3) is 0 Å². The Labute approximate surface area is 89.7 Å². The van der Waals surface area contributed by atoms with Crippen molar-refractivity contribution in [1.82, 2.24) is 10.2 Å². The second kappa shape index (κ2) is 5.29. The second-order valence-corrected chi connectivity index (χ2v) is 4.13. The van der Waals surface area contributed by atoms with Crippen LogP contribution in [-0.4, -0.2) is 22.4 Å². The van der Waals surface area contributed by atoms with E-state index in [0.717, 1.165) is 0 Å². The highest BCUT2D eigenvalue weighted by Crippen LogP contribution is 2.23. The first-order chi connectivity index (χ1) is 6.97. The summed E-state index contributed by atoms with van der Waals surface area (Å²) >= 11 is 1.33. The van der Waals surface area contributed by atoms with E-state index in [0.29, 0.717) is 11.6 Å². The number of nitrogens with zero attached hydrogens (tertiary/aromatic N) is 2. The van der Waals surface area contributed by atoms with Gasteiger partial charge in [-0.2, -0.15) is 13.2 Å². The van der Waals surface area contributed by atoms with Crippen LogP contribution < -0.4 is 5.32 Å². The van der Waals surface area contributed by atoms with Gasteiger partial charge in [-0.25, -0.2) is 0 Å². The fourth-order valence-corrected chi connectivity index (χ4v) is 1.69. The predicted molar refractivity (Wildman–Crippen MR) is 52.9 cm³/mol. The Bertz CT molecular complexity index is 273. The zero-order chi connectivity index (χ0) is 11.3. The molecule has 15 heavy (non-hydrogen) atoms. The van der Waals surface area contributed by atoms with Crippen LogP contribution in [0.3, 0.4) is 0 Å². The number of halogens is 3. The summed E-state index contributed by atoms with van der Waals surface area (Å²) in [5, 5.41) is 11.0. The van der Waals surface area contributed by atoms with Gasteiger partial charge in [0, 0.05) is 12.5 Å². The molecule has 0 aliphatic heterocycles. The predicted octanol–water partition coefficient (Wildman–Crippen LogP) is 3.07. The smallest absolute Gasteiger partial charge is 0.358 e. The van der Waals surface area contributed by atoms with Crippen LogP contribution in [0.25, 0.3) is 0 Å². The van der Waals surface area contributed by atoms with Crippen LogP contribution in [0.1, 0.15) is 26.2 Å². The largest absolute Gasteiger partial charge is 0.389 e. The monoisotopic (exact) mass is 239 g/mol. The number of hydrogen-bond acceptors (Lipinski definition) is 4. The van der Waals surface area contributed by atoms with Gasteiger partial charge in [0.05, 0.1) is 0 Å². The lowest BCUT2D eigenvalue weighted by Crippen LogP contribution is -2.16. The van der Waals surface area contributed by atoms with Gasteiger partial charge in [-0.1, -0.05) is 11.3 Å². The summed E-state index contributed by atoms with van der Waals surface area (Å²) in [6, 6.07) is -0.0136. The molecule has 86 valence electrons. The molecule has 0 amide bonds. The van der Waals surface area contributed by atoms with Crippen molar-refractivity contribution < 1.29 is 13.2 Å². The van der Waals surface area contributed by atoms with E-state index in [9.17, 15) is 13.2 Å². The van der Waals surface area contributed by atoms with Crippen LogP contribution in [0.15, 0.2) is 5.51 Å². The number of rotatable bonds is 5. The number of alkyl halides is 3. The molecule has 1 N–H and O–H groups in total. The molecular weight excluding hydrogens is 227 g/mol. The number of aromatic nitrogens is 2. The van der Waals surface area contributed by atoms with E-state index in [-0.39, 0.29) is 12.5 Å². The maximum atomic E-state index is 11.8. The molecule has 0 radical (unpaired) electrons. The first-order valence-electron chi connectivity index (χ1n) is 4.57. The van der Waals surface area contributed by atoms with E-state index in [1.807, 2.05) is 6.92 Å². The number of hydrogen-bond donors (Lipinski definition) is 1. The van der Waals surface area contributed by atoms with Gasteiger partial charge in [-0.05, 0) is 19.8 Å². The third kappa shape index (κ3) is 5.56. The maximum absolute atomic E-state index is 11.8. The molecular formula is C8H12F3N3S. The quantitative estimate of drug-likeness (QED) is 0.858. The third-order valence-electron chi connectivity index (χ3n) is 1.83. The average molecular weight is 239 g/mol. The van der Waals surface area contributed by atoms with Crippen molar-refractivity contribution in [2.45, 2.75) is 38.4 Å². The van der Waals surface area contributed by atoms with E-state index in [4.69, 9.17) is 0 Å². The molecule has 1 aromatic heterocycles. The van der Waals surface area contributed by atoms with Crippen molar-refractivity contribution >= 4 is 16.5 Å². The van der Waals surface area contributed by atoms with Crippen molar-refractivity contribution in [3.05, 3.63) is 5.51 Å². The molecule has 7 heteroatoms. The lowest BCUT2D eigenvalue weighted by Gasteiger charge is -2.12. The number of nitrogens with one attached hydrogen (secondary N) is 1. The molecule has 0 bridgehead atoms. The third-order valence-corrected chi connectivity index (χ3v) is 2.45. The average Bonchev–Trinajstić information content (AvgIpc) is 2.54. The lowest BCUT2D eigenvalue weighted by molar-refractivity contribution is -0.135. The highest BCUT2D eigenvalue weighted by Gasteiger charge is 2.26.